The number of carbonyl (C=O) groups is 2. The van der Waals surface area contributed by atoms with E-state index in [-0.39, 0.29) is 11.8 Å². The lowest BCUT2D eigenvalue weighted by molar-refractivity contribution is -0.163. The molecule has 1 fully saturated rings. The third kappa shape index (κ3) is 5.45. The molecule has 0 spiro atoms. The fraction of sp³-hybridized carbons (Fsp3) is 0.630. The first-order valence-electron chi connectivity index (χ1n) is 12.4. The lowest BCUT2D eigenvalue weighted by atomic mass is 9.83. The molecule has 0 N–H and O–H groups in total. The van der Waals surface area contributed by atoms with Crippen LogP contribution in [0.25, 0.3) is 0 Å². The highest BCUT2D eigenvalue weighted by Gasteiger charge is 2.50. The molecule has 0 saturated carbocycles. The zero-order valence-electron chi connectivity index (χ0n) is 19.9. The number of likely N-dealkylation sites (tertiary alicyclic amines) is 1. The predicted molar refractivity (Wildman–Crippen MR) is 130 cm³/mol. The summed E-state index contributed by atoms with van der Waals surface area (Å²) in [6, 6.07) is 0. The Morgan fingerprint density at radius 2 is 1.94 bits per heavy atom. The van der Waals surface area contributed by atoms with Crippen LogP contribution >= 0.6 is 11.6 Å². The SMILES string of the molecule is CN(CC1CC=C(Cl)CC1)C(=O)C1(C)CCN1C(=O)CC1=CC=C(C2=CCC(F)CC2)CC1. The number of likely N-dealkylation sites (N-methyl/N-ethyl adjacent to an activating group) is 1. The molecule has 4 aliphatic rings. The number of amides is 2. The van der Waals surface area contributed by atoms with Gasteiger partial charge in [0.25, 0.3) is 0 Å². The van der Waals surface area contributed by atoms with E-state index in [1.54, 1.807) is 4.90 Å². The minimum Gasteiger partial charge on any atom is -0.343 e. The highest BCUT2D eigenvalue weighted by Crippen LogP contribution is 2.36. The van der Waals surface area contributed by atoms with E-state index in [1.807, 2.05) is 24.9 Å². The Hall–Kier alpha value is -1.88. The van der Waals surface area contributed by atoms with Crippen LogP contribution in [0, 0.1) is 5.92 Å². The number of carbonyl (C=O) groups excluding carboxylic acids is 2. The summed E-state index contributed by atoms with van der Waals surface area (Å²) < 4.78 is 13.4. The van der Waals surface area contributed by atoms with E-state index < -0.39 is 11.7 Å². The molecule has 0 aromatic carbocycles. The van der Waals surface area contributed by atoms with Gasteiger partial charge in [0.05, 0.1) is 0 Å². The summed E-state index contributed by atoms with van der Waals surface area (Å²) in [4.78, 5) is 30.0. The fourth-order valence-corrected chi connectivity index (χ4v) is 5.76. The summed E-state index contributed by atoms with van der Waals surface area (Å²) in [5.41, 5.74) is 2.93. The van der Waals surface area contributed by atoms with E-state index in [1.165, 1.54) is 11.1 Å². The van der Waals surface area contributed by atoms with E-state index in [0.717, 1.165) is 49.1 Å². The monoisotopic (exact) mass is 474 g/mol. The molecule has 0 aromatic heterocycles. The molecule has 3 aliphatic carbocycles. The van der Waals surface area contributed by atoms with Crippen LogP contribution in [0.3, 0.4) is 0 Å². The highest BCUT2D eigenvalue weighted by molar-refractivity contribution is 6.29. The van der Waals surface area contributed by atoms with E-state index in [9.17, 15) is 14.0 Å². The van der Waals surface area contributed by atoms with Crippen LogP contribution < -0.4 is 0 Å². The van der Waals surface area contributed by atoms with Gasteiger partial charge < -0.3 is 9.80 Å². The Kier molecular flexibility index (Phi) is 7.47. The first kappa shape index (κ1) is 24.3. The summed E-state index contributed by atoms with van der Waals surface area (Å²) in [5, 5.41) is 0.922. The summed E-state index contributed by atoms with van der Waals surface area (Å²) in [6.07, 6.45) is 15.1. The molecule has 6 heteroatoms. The van der Waals surface area contributed by atoms with Crippen LogP contribution in [0.15, 0.2) is 46.1 Å². The van der Waals surface area contributed by atoms with Crippen molar-refractivity contribution in [3.63, 3.8) is 0 Å². The van der Waals surface area contributed by atoms with Crippen molar-refractivity contribution in [1.82, 2.24) is 9.80 Å². The van der Waals surface area contributed by atoms with Crippen LogP contribution in [-0.2, 0) is 9.59 Å². The van der Waals surface area contributed by atoms with Crippen molar-refractivity contribution in [2.75, 3.05) is 20.1 Å². The zero-order chi connectivity index (χ0) is 23.6. The smallest absolute Gasteiger partial charge is 0.248 e. The average molecular weight is 475 g/mol. The van der Waals surface area contributed by atoms with Crippen LogP contribution in [0.5, 0.6) is 0 Å². The van der Waals surface area contributed by atoms with Gasteiger partial charge in [0.1, 0.15) is 11.7 Å². The Balaban J connectivity index is 1.32. The Labute approximate surface area is 202 Å². The zero-order valence-corrected chi connectivity index (χ0v) is 20.7. The average Bonchev–Trinajstić information content (AvgIpc) is 2.80. The van der Waals surface area contributed by atoms with Crippen molar-refractivity contribution >= 4 is 23.4 Å². The standard InChI is InChI=1S/C27H36ClFN2O2/c1-27(26(33)30(2)18-20-5-11-23(28)12-6-20)15-16-31(27)25(32)17-19-3-7-21(8-4-19)22-9-13-24(29)14-10-22/h3,7,9,11,20,24H,4-6,8,10,12-18H2,1-2H3. The fourth-order valence-electron chi connectivity index (χ4n) is 5.56. The quantitative estimate of drug-likeness (QED) is 0.485. The van der Waals surface area contributed by atoms with Gasteiger partial charge in [0.2, 0.25) is 11.8 Å². The molecular weight excluding hydrogens is 439 g/mol. The maximum Gasteiger partial charge on any atom is 0.248 e. The molecule has 1 saturated heterocycles. The summed E-state index contributed by atoms with van der Waals surface area (Å²) in [6.45, 7) is 3.25. The van der Waals surface area contributed by atoms with Gasteiger partial charge in [0, 0.05) is 31.6 Å². The van der Waals surface area contributed by atoms with Crippen LogP contribution in [0.1, 0.15) is 71.1 Å². The normalized spacial score (nSPS) is 29.9. The van der Waals surface area contributed by atoms with Gasteiger partial charge in [-0.2, -0.15) is 0 Å². The number of halogens is 2. The second kappa shape index (κ2) is 10.2. The number of hydrogen-bond donors (Lipinski definition) is 0. The predicted octanol–water partition coefficient (Wildman–Crippen LogP) is 5.84. The molecule has 4 nitrogen and oxygen atoms in total. The molecule has 180 valence electrons. The number of nitrogens with zero attached hydrogens (tertiary/aromatic N) is 2. The molecule has 0 bridgehead atoms. The van der Waals surface area contributed by atoms with Gasteiger partial charge >= 0.3 is 0 Å². The largest absolute Gasteiger partial charge is 0.343 e. The third-order valence-electron chi connectivity index (χ3n) is 7.90. The minimum atomic E-state index is -0.736. The second-order valence-electron chi connectivity index (χ2n) is 10.3. The number of rotatable bonds is 6. The van der Waals surface area contributed by atoms with E-state index in [4.69, 9.17) is 11.6 Å². The van der Waals surface area contributed by atoms with Gasteiger partial charge in [0.15, 0.2) is 0 Å². The van der Waals surface area contributed by atoms with E-state index in [0.29, 0.717) is 44.7 Å². The van der Waals surface area contributed by atoms with Crippen molar-refractivity contribution in [1.29, 1.82) is 0 Å². The third-order valence-corrected chi connectivity index (χ3v) is 8.24. The highest BCUT2D eigenvalue weighted by atomic mass is 35.5. The van der Waals surface area contributed by atoms with Gasteiger partial charge in [-0.05, 0) is 81.8 Å². The van der Waals surface area contributed by atoms with E-state index >= 15 is 0 Å². The van der Waals surface area contributed by atoms with E-state index in [2.05, 4.69) is 18.2 Å². The molecular formula is C27H36ClFN2O2. The van der Waals surface area contributed by atoms with Crippen molar-refractivity contribution < 1.29 is 14.0 Å². The molecule has 0 aromatic rings. The van der Waals surface area contributed by atoms with Gasteiger partial charge in [-0.25, -0.2) is 4.39 Å². The van der Waals surface area contributed by atoms with Gasteiger partial charge in [-0.1, -0.05) is 41.5 Å². The molecule has 3 unspecified atom stereocenters. The van der Waals surface area contributed by atoms with Crippen molar-refractivity contribution in [2.24, 2.45) is 5.92 Å². The number of hydrogen-bond acceptors (Lipinski definition) is 2. The first-order chi connectivity index (χ1) is 15.8. The van der Waals surface area contributed by atoms with Gasteiger partial charge in [-0.15, -0.1) is 0 Å². The summed E-state index contributed by atoms with van der Waals surface area (Å²) >= 11 is 6.08. The summed E-state index contributed by atoms with van der Waals surface area (Å²) in [7, 11) is 1.86. The van der Waals surface area contributed by atoms with Crippen molar-refractivity contribution in [3.8, 4) is 0 Å². The molecule has 33 heavy (non-hydrogen) atoms. The van der Waals surface area contributed by atoms with Crippen molar-refractivity contribution in [2.45, 2.75) is 82.8 Å². The summed E-state index contributed by atoms with van der Waals surface area (Å²) in [5.74, 6) is 0.508. The molecule has 0 radical (unpaired) electrons. The number of alkyl halides is 1. The number of allylic oxidation sites excluding steroid dienone is 7. The molecule has 1 aliphatic heterocycles. The lowest BCUT2D eigenvalue weighted by Crippen LogP contribution is -2.67. The minimum absolute atomic E-state index is 0.0398. The lowest BCUT2D eigenvalue weighted by Gasteiger charge is -2.51. The molecule has 4 rings (SSSR count). The van der Waals surface area contributed by atoms with Crippen LogP contribution in [0.2, 0.25) is 0 Å². The Morgan fingerprint density at radius 1 is 1.12 bits per heavy atom. The Morgan fingerprint density at radius 3 is 2.52 bits per heavy atom. The van der Waals surface area contributed by atoms with Crippen LogP contribution in [0.4, 0.5) is 4.39 Å². The maximum atomic E-state index is 13.4. The van der Waals surface area contributed by atoms with Crippen LogP contribution in [-0.4, -0.2) is 53.5 Å². The second-order valence-corrected chi connectivity index (χ2v) is 10.8. The molecule has 1 heterocycles. The topological polar surface area (TPSA) is 40.6 Å². The maximum absolute atomic E-state index is 13.4. The first-order valence-corrected chi connectivity index (χ1v) is 12.8. The van der Waals surface area contributed by atoms with Gasteiger partial charge in [-0.3, -0.25) is 9.59 Å². The Bertz CT molecular complexity index is 921. The van der Waals surface area contributed by atoms with Crippen molar-refractivity contribution in [3.05, 3.63) is 46.1 Å². The molecule has 3 atom stereocenters. The molecule has 2 amide bonds.